The van der Waals surface area contributed by atoms with Crippen LogP contribution in [-0.4, -0.2) is 28.7 Å². The summed E-state index contributed by atoms with van der Waals surface area (Å²) in [6.07, 6.45) is 3.66. The molecule has 1 aromatic rings. The molecule has 0 amide bonds. The van der Waals surface area contributed by atoms with Crippen LogP contribution < -0.4 is 16.6 Å². The Bertz CT molecular complexity index is 389. The van der Waals surface area contributed by atoms with Crippen LogP contribution >= 0.6 is 11.6 Å². The molecular weight excluding hydrogens is 242 g/mol. The van der Waals surface area contributed by atoms with E-state index in [2.05, 4.69) is 27.6 Å². The molecule has 0 aliphatic carbocycles. The van der Waals surface area contributed by atoms with Crippen molar-refractivity contribution in [1.29, 1.82) is 0 Å². The van der Waals surface area contributed by atoms with Gasteiger partial charge in [-0.05, 0) is 19.8 Å². The highest BCUT2D eigenvalue weighted by atomic mass is 35.5. The Labute approximate surface area is 105 Å². The Balaban J connectivity index is 2.06. The van der Waals surface area contributed by atoms with E-state index in [0.29, 0.717) is 22.8 Å². The first kappa shape index (κ1) is 12.3. The minimum absolute atomic E-state index is 0.258. The Morgan fingerprint density at radius 2 is 2.41 bits per heavy atom. The molecule has 0 saturated carbocycles. The lowest BCUT2D eigenvalue weighted by atomic mass is 10.0. The van der Waals surface area contributed by atoms with Gasteiger partial charge in [0.05, 0.1) is 12.3 Å². The first-order chi connectivity index (χ1) is 8.19. The van der Waals surface area contributed by atoms with Crippen molar-refractivity contribution in [2.45, 2.75) is 31.9 Å². The van der Waals surface area contributed by atoms with E-state index in [9.17, 15) is 0 Å². The van der Waals surface area contributed by atoms with Gasteiger partial charge in [0.2, 0.25) is 5.95 Å². The van der Waals surface area contributed by atoms with E-state index in [-0.39, 0.29) is 6.10 Å². The summed E-state index contributed by atoms with van der Waals surface area (Å²) in [5.41, 5.74) is 2.40. The van der Waals surface area contributed by atoms with Crippen molar-refractivity contribution in [3.63, 3.8) is 0 Å². The molecule has 6 nitrogen and oxygen atoms in total. The van der Waals surface area contributed by atoms with E-state index in [4.69, 9.17) is 22.2 Å². The summed E-state index contributed by atoms with van der Waals surface area (Å²) in [7, 11) is 0. The van der Waals surface area contributed by atoms with Crippen molar-refractivity contribution in [2.75, 3.05) is 17.3 Å². The molecule has 0 aromatic carbocycles. The van der Waals surface area contributed by atoms with Crippen molar-refractivity contribution >= 4 is 23.4 Å². The van der Waals surface area contributed by atoms with Gasteiger partial charge in [0, 0.05) is 12.6 Å². The Morgan fingerprint density at radius 3 is 3.12 bits per heavy atom. The largest absolute Gasteiger partial charge is 0.378 e. The Kier molecular flexibility index (Phi) is 3.98. The van der Waals surface area contributed by atoms with Gasteiger partial charge in [0.15, 0.2) is 5.82 Å². The maximum atomic E-state index is 6.02. The van der Waals surface area contributed by atoms with E-state index < -0.39 is 0 Å². The molecule has 94 valence electrons. The molecule has 1 aliphatic rings. The number of hydrogen-bond donors (Lipinski definition) is 3. The van der Waals surface area contributed by atoms with E-state index in [1.54, 1.807) is 0 Å². The van der Waals surface area contributed by atoms with Crippen LogP contribution in [0.1, 0.15) is 19.8 Å². The Hall–Kier alpha value is -1.11. The van der Waals surface area contributed by atoms with E-state index in [1.165, 1.54) is 6.20 Å². The average Bonchev–Trinajstić information content (AvgIpc) is 2.32. The highest BCUT2D eigenvalue weighted by Gasteiger charge is 2.20. The van der Waals surface area contributed by atoms with Crippen LogP contribution in [0.3, 0.4) is 0 Å². The lowest BCUT2D eigenvalue weighted by Crippen LogP contribution is -2.33. The van der Waals surface area contributed by atoms with Crippen molar-refractivity contribution in [3.05, 3.63) is 11.2 Å². The molecule has 2 rings (SSSR count). The van der Waals surface area contributed by atoms with E-state index in [1.807, 2.05) is 0 Å². The number of halogens is 1. The first-order valence-corrected chi connectivity index (χ1v) is 5.94. The number of hydrazine groups is 1. The van der Waals surface area contributed by atoms with Crippen LogP contribution in [0.4, 0.5) is 11.8 Å². The van der Waals surface area contributed by atoms with Crippen LogP contribution in [0.2, 0.25) is 5.02 Å². The number of anilines is 2. The second-order valence-electron chi connectivity index (χ2n) is 4.08. The van der Waals surface area contributed by atoms with Gasteiger partial charge >= 0.3 is 0 Å². The fourth-order valence-electron chi connectivity index (χ4n) is 1.86. The number of aromatic nitrogens is 2. The zero-order valence-electron chi connectivity index (χ0n) is 9.61. The zero-order valence-corrected chi connectivity index (χ0v) is 10.4. The molecule has 2 heterocycles. The third-order valence-corrected chi connectivity index (χ3v) is 2.98. The summed E-state index contributed by atoms with van der Waals surface area (Å²) < 4.78 is 5.48. The molecule has 0 bridgehead atoms. The monoisotopic (exact) mass is 257 g/mol. The zero-order chi connectivity index (χ0) is 12.3. The predicted molar refractivity (Wildman–Crippen MR) is 66.9 cm³/mol. The summed E-state index contributed by atoms with van der Waals surface area (Å²) in [5.74, 6) is 6.21. The minimum atomic E-state index is 0.258. The summed E-state index contributed by atoms with van der Waals surface area (Å²) in [4.78, 5) is 8.10. The van der Waals surface area contributed by atoms with Gasteiger partial charge in [-0.15, -0.1) is 0 Å². The number of nitrogens with two attached hydrogens (primary N) is 1. The third-order valence-electron chi connectivity index (χ3n) is 2.70. The van der Waals surface area contributed by atoms with Gasteiger partial charge < -0.3 is 10.1 Å². The minimum Gasteiger partial charge on any atom is -0.378 e. The quantitative estimate of drug-likeness (QED) is 0.561. The topological polar surface area (TPSA) is 85.1 Å². The van der Waals surface area contributed by atoms with Crippen molar-refractivity contribution in [1.82, 2.24) is 9.97 Å². The SMILES string of the molecule is CC1CC(Nc2nc(NN)ncc2Cl)CCO1. The fraction of sp³-hybridized carbons (Fsp3) is 0.600. The normalized spacial score (nSPS) is 24.4. The number of nitrogens with one attached hydrogen (secondary N) is 2. The van der Waals surface area contributed by atoms with Crippen LogP contribution in [0.5, 0.6) is 0 Å². The van der Waals surface area contributed by atoms with Gasteiger partial charge in [0.1, 0.15) is 5.02 Å². The number of ether oxygens (including phenoxy) is 1. The standard InChI is InChI=1S/C10H16ClN5O/c1-6-4-7(2-3-17-6)14-9-8(11)5-13-10(15-9)16-12/h5-7H,2-4,12H2,1H3,(H2,13,14,15,16). The second-order valence-corrected chi connectivity index (χ2v) is 4.49. The molecule has 1 saturated heterocycles. The predicted octanol–water partition coefficient (Wildman–Crippen LogP) is 1.39. The Morgan fingerprint density at radius 1 is 1.59 bits per heavy atom. The van der Waals surface area contributed by atoms with Crippen LogP contribution in [0, 0.1) is 0 Å². The van der Waals surface area contributed by atoms with E-state index >= 15 is 0 Å². The number of nitrogens with zero attached hydrogens (tertiary/aromatic N) is 2. The molecule has 1 aliphatic heterocycles. The lowest BCUT2D eigenvalue weighted by Gasteiger charge is -2.28. The van der Waals surface area contributed by atoms with Crippen molar-refractivity contribution in [2.24, 2.45) is 5.84 Å². The summed E-state index contributed by atoms with van der Waals surface area (Å²) in [6, 6.07) is 0.316. The molecule has 0 spiro atoms. The molecule has 4 N–H and O–H groups in total. The molecule has 17 heavy (non-hydrogen) atoms. The van der Waals surface area contributed by atoms with Gasteiger partial charge in [-0.25, -0.2) is 10.8 Å². The molecule has 2 atom stereocenters. The number of hydrogen-bond acceptors (Lipinski definition) is 6. The maximum Gasteiger partial charge on any atom is 0.239 e. The molecule has 2 unspecified atom stereocenters. The summed E-state index contributed by atoms with van der Waals surface area (Å²) >= 11 is 6.02. The third kappa shape index (κ3) is 3.18. The highest BCUT2D eigenvalue weighted by Crippen LogP contribution is 2.23. The smallest absolute Gasteiger partial charge is 0.239 e. The lowest BCUT2D eigenvalue weighted by molar-refractivity contribution is 0.0232. The van der Waals surface area contributed by atoms with Crippen LogP contribution in [-0.2, 0) is 4.74 Å². The summed E-state index contributed by atoms with van der Waals surface area (Å²) in [5, 5.41) is 3.78. The van der Waals surface area contributed by atoms with Gasteiger partial charge in [0.25, 0.3) is 0 Å². The van der Waals surface area contributed by atoms with Gasteiger partial charge in [-0.1, -0.05) is 11.6 Å². The molecule has 0 radical (unpaired) electrons. The molecule has 1 aromatic heterocycles. The van der Waals surface area contributed by atoms with Crippen LogP contribution in [0.25, 0.3) is 0 Å². The molecule has 7 heteroatoms. The molecular formula is C10H16ClN5O. The van der Waals surface area contributed by atoms with Gasteiger partial charge in [-0.2, -0.15) is 4.98 Å². The average molecular weight is 258 g/mol. The van der Waals surface area contributed by atoms with Crippen molar-refractivity contribution in [3.8, 4) is 0 Å². The van der Waals surface area contributed by atoms with Crippen molar-refractivity contribution < 1.29 is 4.74 Å². The van der Waals surface area contributed by atoms with E-state index in [0.717, 1.165) is 19.4 Å². The second kappa shape index (κ2) is 5.48. The van der Waals surface area contributed by atoms with Gasteiger partial charge in [-0.3, -0.25) is 5.43 Å². The molecule has 1 fully saturated rings. The first-order valence-electron chi connectivity index (χ1n) is 5.56. The maximum absolute atomic E-state index is 6.02. The number of nitrogen functional groups attached to an aromatic ring is 1. The highest BCUT2D eigenvalue weighted by molar-refractivity contribution is 6.32. The number of rotatable bonds is 3. The van der Waals surface area contributed by atoms with Crippen LogP contribution in [0.15, 0.2) is 6.20 Å². The summed E-state index contributed by atoms with van der Waals surface area (Å²) in [6.45, 7) is 2.81. The fourth-order valence-corrected chi connectivity index (χ4v) is 2.01.